The molecule has 158 valence electrons. The maximum Gasteiger partial charge on any atom is 0.331 e. The first-order valence-corrected chi connectivity index (χ1v) is 11.5. The summed E-state index contributed by atoms with van der Waals surface area (Å²) in [7, 11) is 0. The Morgan fingerprint density at radius 3 is 2.63 bits per heavy atom. The molecule has 4 aliphatic rings. The van der Waals surface area contributed by atoms with Gasteiger partial charge in [-0.3, -0.25) is 9.13 Å². The van der Waals surface area contributed by atoms with Crippen molar-refractivity contribution in [1.29, 1.82) is 0 Å². The molecule has 1 atom stereocenters. The number of halogens is 1. The number of anilines is 1. The summed E-state index contributed by atoms with van der Waals surface area (Å²) in [5, 5.41) is 4.32. The van der Waals surface area contributed by atoms with Gasteiger partial charge >= 0.3 is 5.69 Å². The minimum atomic E-state index is 0.0144. The molecule has 3 heterocycles. The quantitative estimate of drug-likeness (QED) is 0.643. The molecule has 1 N–H and O–H groups in total. The fraction of sp³-hybridized carbons (Fsp3) is 0.522. The summed E-state index contributed by atoms with van der Waals surface area (Å²) < 4.78 is 3.68. The third-order valence-corrected chi connectivity index (χ3v) is 6.68. The average Bonchev–Trinajstić information content (AvgIpc) is 3.38. The van der Waals surface area contributed by atoms with E-state index in [-0.39, 0.29) is 11.7 Å². The molecule has 1 aromatic carbocycles. The molecule has 0 saturated heterocycles. The van der Waals surface area contributed by atoms with E-state index < -0.39 is 0 Å². The Morgan fingerprint density at radius 1 is 1.13 bits per heavy atom. The molecule has 6 nitrogen and oxygen atoms in total. The largest absolute Gasteiger partial charge is 0.365 e. The molecule has 0 radical (unpaired) electrons. The fourth-order valence-corrected chi connectivity index (χ4v) is 5.05. The second kappa shape index (κ2) is 8.06. The molecular formula is C23H28ClN5O. The number of hydrogen-bond donors (Lipinski definition) is 1. The molecule has 0 amide bonds. The first-order chi connectivity index (χ1) is 14.6. The number of nitrogens with one attached hydrogen (secondary N) is 1. The van der Waals surface area contributed by atoms with Crippen molar-refractivity contribution in [3.8, 4) is 11.5 Å². The Kier molecular flexibility index (Phi) is 5.27. The minimum absolute atomic E-state index is 0.0144. The highest BCUT2D eigenvalue weighted by Crippen LogP contribution is 2.36. The lowest BCUT2D eigenvalue weighted by Gasteiger charge is -2.18. The SMILES string of the molecule is CCCn1c2nc(C3CCCCC3)nc-2c2n(c1=O)CC(Cc1ccc(Cl)cc1)N2. The van der Waals surface area contributed by atoms with E-state index in [0.717, 1.165) is 53.9 Å². The van der Waals surface area contributed by atoms with Crippen LogP contribution >= 0.6 is 11.6 Å². The van der Waals surface area contributed by atoms with Crippen molar-refractivity contribution < 1.29 is 0 Å². The van der Waals surface area contributed by atoms with Crippen LogP contribution < -0.4 is 11.0 Å². The Bertz CT molecular complexity index is 1060. The van der Waals surface area contributed by atoms with Crippen LogP contribution in [-0.2, 0) is 19.5 Å². The van der Waals surface area contributed by atoms with E-state index >= 15 is 0 Å². The molecule has 1 aromatic rings. The fourth-order valence-electron chi connectivity index (χ4n) is 4.92. The van der Waals surface area contributed by atoms with Crippen molar-refractivity contribution in [2.75, 3.05) is 5.32 Å². The monoisotopic (exact) mass is 425 g/mol. The first kappa shape index (κ1) is 19.6. The molecular weight excluding hydrogens is 398 g/mol. The van der Waals surface area contributed by atoms with Gasteiger partial charge in [0.15, 0.2) is 5.82 Å². The summed E-state index contributed by atoms with van der Waals surface area (Å²) >= 11 is 6.02. The molecule has 30 heavy (non-hydrogen) atoms. The maximum atomic E-state index is 13.3. The van der Waals surface area contributed by atoms with Crippen LogP contribution in [0.5, 0.6) is 0 Å². The average molecular weight is 426 g/mol. The van der Waals surface area contributed by atoms with Gasteiger partial charge in [0.2, 0.25) is 0 Å². The third kappa shape index (κ3) is 3.51. The number of hydrogen-bond acceptors (Lipinski definition) is 4. The standard InChI is InChI=1S/C23H28ClN5O/c1-2-12-28-22-19(26-20(27-22)16-6-4-3-5-7-16)21-25-18(14-29(21)23(28)30)13-15-8-10-17(24)11-9-15/h8-11,16,18,25H,2-7,12-14H2,1H3. The molecule has 0 spiro atoms. The zero-order valence-corrected chi connectivity index (χ0v) is 18.2. The van der Waals surface area contributed by atoms with E-state index in [0.29, 0.717) is 19.0 Å². The summed E-state index contributed by atoms with van der Waals surface area (Å²) in [6.45, 7) is 3.40. The van der Waals surface area contributed by atoms with Crippen molar-refractivity contribution in [1.82, 2.24) is 19.1 Å². The Hall–Kier alpha value is -2.34. The van der Waals surface area contributed by atoms with Crippen LogP contribution in [0.25, 0.3) is 11.5 Å². The summed E-state index contributed by atoms with van der Waals surface area (Å²) in [5.41, 5.74) is 2.06. The maximum absolute atomic E-state index is 13.3. The van der Waals surface area contributed by atoms with Crippen LogP contribution in [0.3, 0.4) is 0 Å². The van der Waals surface area contributed by atoms with Gasteiger partial charge in [-0.2, -0.15) is 0 Å². The summed E-state index contributed by atoms with van der Waals surface area (Å²) in [6.07, 6.45) is 7.80. The zero-order valence-electron chi connectivity index (χ0n) is 17.4. The van der Waals surface area contributed by atoms with E-state index in [1.807, 2.05) is 33.4 Å². The number of fused-ring (bicyclic) bond motifs is 3. The Morgan fingerprint density at radius 2 is 1.90 bits per heavy atom. The molecule has 3 aliphatic heterocycles. The number of aromatic nitrogens is 4. The van der Waals surface area contributed by atoms with Crippen molar-refractivity contribution in [2.24, 2.45) is 0 Å². The van der Waals surface area contributed by atoms with Gasteiger partial charge in [0.05, 0.1) is 0 Å². The lowest BCUT2D eigenvalue weighted by atomic mass is 9.89. The van der Waals surface area contributed by atoms with Crippen LogP contribution in [0.2, 0.25) is 5.02 Å². The number of benzene rings is 1. The van der Waals surface area contributed by atoms with E-state index in [2.05, 4.69) is 12.2 Å². The van der Waals surface area contributed by atoms with Crippen LogP contribution in [-0.4, -0.2) is 25.1 Å². The van der Waals surface area contributed by atoms with Gasteiger partial charge in [-0.1, -0.05) is 49.9 Å². The smallest absolute Gasteiger partial charge is 0.331 e. The predicted molar refractivity (Wildman–Crippen MR) is 120 cm³/mol. The topological polar surface area (TPSA) is 64.7 Å². The van der Waals surface area contributed by atoms with Crippen LogP contribution in [0.15, 0.2) is 29.1 Å². The van der Waals surface area contributed by atoms with Crippen molar-refractivity contribution >= 4 is 17.4 Å². The van der Waals surface area contributed by atoms with Gasteiger partial charge in [-0.05, 0) is 43.4 Å². The highest BCUT2D eigenvalue weighted by Gasteiger charge is 2.33. The van der Waals surface area contributed by atoms with Gasteiger partial charge in [-0.15, -0.1) is 0 Å². The Balaban J connectivity index is 1.51. The number of nitrogens with zero attached hydrogens (tertiary/aromatic N) is 4. The second-order valence-corrected chi connectivity index (χ2v) is 9.09. The Labute approximate surface area is 181 Å². The molecule has 7 heteroatoms. The molecule has 1 saturated carbocycles. The summed E-state index contributed by atoms with van der Waals surface area (Å²) in [6, 6.07) is 8.07. The van der Waals surface area contributed by atoms with Crippen molar-refractivity contribution in [2.45, 2.75) is 76.9 Å². The highest BCUT2D eigenvalue weighted by molar-refractivity contribution is 6.30. The molecule has 0 bridgehead atoms. The molecule has 1 unspecified atom stereocenters. The van der Waals surface area contributed by atoms with Crippen LogP contribution in [0.4, 0.5) is 5.82 Å². The lowest BCUT2D eigenvalue weighted by Crippen LogP contribution is -2.32. The van der Waals surface area contributed by atoms with Crippen molar-refractivity contribution in [3.05, 3.63) is 51.2 Å². The first-order valence-electron chi connectivity index (χ1n) is 11.2. The number of imidazole rings is 1. The predicted octanol–water partition coefficient (Wildman–Crippen LogP) is 4.69. The lowest BCUT2D eigenvalue weighted by molar-refractivity contribution is 0.431. The molecule has 1 fully saturated rings. The highest BCUT2D eigenvalue weighted by atomic mass is 35.5. The second-order valence-electron chi connectivity index (χ2n) is 8.65. The van der Waals surface area contributed by atoms with Gasteiger partial charge in [0.25, 0.3) is 0 Å². The van der Waals surface area contributed by atoms with E-state index in [1.54, 1.807) is 0 Å². The van der Waals surface area contributed by atoms with E-state index in [9.17, 15) is 4.79 Å². The molecule has 1 aliphatic carbocycles. The van der Waals surface area contributed by atoms with Gasteiger partial charge in [0, 0.05) is 30.1 Å². The van der Waals surface area contributed by atoms with Gasteiger partial charge in [0.1, 0.15) is 17.3 Å². The summed E-state index contributed by atoms with van der Waals surface area (Å²) in [4.78, 5) is 23.2. The normalized spacial score (nSPS) is 19.2. The molecule has 5 rings (SSSR count). The van der Waals surface area contributed by atoms with Gasteiger partial charge < -0.3 is 5.32 Å². The number of rotatable bonds is 5. The van der Waals surface area contributed by atoms with Crippen LogP contribution in [0.1, 0.15) is 62.8 Å². The van der Waals surface area contributed by atoms with Gasteiger partial charge in [-0.25, -0.2) is 14.8 Å². The zero-order chi connectivity index (χ0) is 20.7. The van der Waals surface area contributed by atoms with E-state index in [1.165, 1.54) is 24.8 Å². The summed E-state index contributed by atoms with van der Waals surface area (Å²) in [5.74, 6) is 2.92. The minimum Gasteiger partial charge on any atom is -0.365 e. The third-order valence-electron chi connectivity index (χ3n) is 6.43. The van der Waals surface area contributed by atoms with E-state index in [4.69, 9.17) is 21.6 Å². The van der Waals surface area contributed by atoms with Crippen molar-refractivity contribution in [3.63, 3.8) is 0 Å². The molecule has 0 aromatic heterocycles. The van der Waals surface area contributed by atoms with Crippen LogP contribution in [0, 0.1) is 0 Å².